The molecule has 20 heavy (non-hydrogen) atoms. The lowest BCUT2D eigenvalue weighted by atomic mass is 10.2. The number of non-ortho nitro benzene ring substituents is 1. The second kappa shape index (κ2) is 5.83. The minimum Gasteiger partial charge on any atom is -0.495 e. The van der Waals surface area contributed by atoms with Gasteiger partial charge in [-0.15, -0.1) is 0 Å². The van der Waals surface area contributed by atoms with Crippen LogP contribution in [0.3, 0.4) is 0 Å². The number of hydrogen-bond donors (Lipinski definition) is 1. The summed E-state index contributed by atoms with van der Waals surface area (Å²) < 4.78 is 6.50. The van der Waals surface area contributed by atoms with E-state index < -0.39 is 4.92 Å². The van der Waals surface area contributed by atoms with Crippen molar-refractivity contribution in [1.82, 2.24) is 9.78 Å². The van der Waals surface area contributed by atoms with E-state index in [0.717, 1.165) is 0 Å². The summed E-state index contributed by atoms with van der Waals surface area (Å²) in [6, 6.07) is 5.69. The van der Waals surface area contributed by atoms with Crippen molar-refractivity contribution in [2.75, 3.05) is 12.4 Å². The summed E-state index contributed by atoms with van der Waals surface area (Å²) in [4.78, 5) is 22.0. The zero-order valence-corrected chi connectivity index (χ0v) is 10.6. The fraction of sp³-hybridized carbons (Fsp3) is 0.167. The summed E-state index contributed by atoms with van der Waals surface area (Å²) in [5, 5.41) is 17.2. The van der Waals surface area contributed by atoms with Gasteiger partial charge < -0.3 is 10.1 Å². The van der Waals surface area contributed by atoms with E-state index in [4.69, 9.17) is 4.74 Å². The Morgan fingerprint density at radius 1 is 1.55 bits per heavy atom. The van der Waals surface area contributed by atoms with E-state index in [2.05, 4.69) is 10.4 Å². The number of aromatic nitrogens is 2. The van der Waals surface area contributed by atoms with Gasteiger partial charge in [-0.3, -0.25) is 19.6 Å². The summed E-state index contributed by atoms with van der Waals surface area (Å²) in [7, 11) is 1.42. The molecule has 2 rings (SSSR count). The van der Waals surface area contributed by atoms with Gasteiger partial charge in [0.1, 0.15) is 12.3 Å². The summed E-state index contributed by atoms with van der Waals surface area (Å²) in [6.07, 6.45) is 3.20. The Kier molecular flexibility index (Phi) is 3.94. The summed E-state index contributed by atoms with van der Waals surface area (Å²) in [5.41, 5.74) is 0.124. The standard InChI is InChI=1S/C12H12N4O4/c1-20-11-4-3-9(16(18)19)7-10(11)14-12(17)8-15-6-2-5-13-15/h2-7H,8H2,1H3,(H,14,17). The Labute approximate surface area is 114 Å². The van der Waals surface area contributed by atoms with Crippen molar-refractivity contribution in [2.45, 2.75) is 6.54 Å². The Morgan fingerprint density at radius 3 is 2.95 bits per heavy atom. The topological polar surface area (TPSA) is 99.3 Å². The number of nitro groups is 1. The van der Waals surface area contributed by atoms with Gasteiger partial charge in [0.15, 0.2) is 0 Å². The highest BCUT2D eigenvalue weighted by Gasteiger charge is 2.13. The fourth-order valence-corrected chi connectivity index (χ4v) is 1.64. The zero-order valence-electron chi connectivity index (χ0n) is 10.6. The second-order valence-corrected chi connectivity index (χ2v) is 3.89. The number of carbonyl (C=O) groups is 1. The molecule has 2 aromatic rings. The number of anilines is 1. The molecule has 1 aromatic heterocycles. The molecular weight excluding hydrogens is 264 g/mol. The number of nitro benzene ring substituents is 1. The number of nitrogens with one attached hydrogen (secondary N) is 1. The lowest BCUT2D eigenvalue weighted by molar-refractivity contribution is -0.384. The Bertz CT molecular complexity index is 624. The van der Waals surface area contributed by atoms with Gasteiger partial charge >= 0.3 is 0 Å². The van der Waals surface area contributed by atoms with Crippen LogP contribution in [0.5, 0.6) is 5.75 Å². The van der Waals surface area contributed by atoms with Crippen LogP contribution in [0.2, 0.25) is 0 Å². The number of amides is 1. The summed E-state index contributed by atoms with van der Waals surface area (Å²) in [5.74, 6) is -0.00286. The Morgan fingerprint density at radius 2 is 2.35 bits per heavy atom. The van der Waals surface area contributed by atoms with Crippen molar-refractivity contribution in [3.05, 3.63) is 46.8 Å². The van der Waals surface area contributed by atoms with E-state index in [-0.39, 0.29) is 23.8 Å². The molecule has 0 atom stereocenters. The molecule has 0 saturated heterocycles. The molecule has 8 nitrogen and oxygen atoms in total. The average molecular weight is 276 g/mol. The van der Waals surface area contributed by atoms with E-state index in [1.807, 2.05) is 0 Å². The molecule has 0 unspecified atom stereocenters. The van der Waals surface area contributed by atoms with Gasteiger partial charge in [-0.05, 0) is 12.1 Å². The third kappa shape index (κ3) is 3.10. The van der Waals surface area contributed by atoms with Gasteiger partial charge in [-0.25, -0.2) is 0 Å². The van der Waals surface area contributed by atoms with Crippen molar-refractivity contribution in [1.29, 1.82) is 0 Å². The number of hydrogen-bond acceptors (Lipinski definition) is 5. The molecule has 1 heterocycles. The highest BCUT2D eigenvalue weighted by atomic mass is 16.6. The van der Waals surface area contributed by atoms with Gasteiger partial charge in [0.25, 0.3) is 5.69 Å². The first-order valence-electron chi connectivity index (χ1n) is 5.70. The van der Waals surface area contributed by atoms with Crippen LogP contribution < -0.4 is 10.1 Å². The third-order valence-corrected chi connectivity index (χ3v) is 2.53. The first-order valence-corrected chi connectivity index (χ1v) is 5.70. The van der Waals surface area contributed by atoms with E-state index >= 15 is 0 Å². The Balaban J connectivity index is 2.16. The number of nitrogens with zero attached hydrogens (tertiary/aromatic N) is 3. The number of rotatable bonds is 5. The molecular formula is C12H12N4O4. The van der Waals surface area contributed by atoms with Crippen LogP contribution in [-0.2, 0) is 11.3 Å². The number of benzene rings is 1. The van der Waals surface area contributed by atoms with E-state index in [1.54, 1.807) is 18.5 Å². The third-order valence-electron chi connectivity index (χ3n) is 2.53. The molecule has 1 amide bonds. The maximum absolute atomic E-state index is 11.8. The van der Waals surface area contributed by atoms with Crippen molar-refractivity contribution in [3.63, 3.8) is 0 Å². The minimum atomic E-state index is -0.539. The van der Waals surface area contributed by atoms with Crippen LogP contribution in [0.1, 0.15) is 0 Å². The fourth-order valence-electron chi connectivity index (χ4n) is 1.64. The van der Waals surface area contributed by atoms with Gasteiger partial charge in [0, 0.05) is 24.5 Å². The lowest BCUT2D eigenvalue weighted by Crippen LogP contribution is -2.19. The monoisotopic (exact) mass is 276 g/mol. The van der Waals surface area contributed by atoms with Gasteiger partial charge in [-0.2, -0.15) is 5.10 Å². The van der Waals surface area contributed by atoms with E-state index in [1.165, 1.54) is 30.0 Å². The van der Waals surface area contributed by atoms with Crippen LogP contribution in [0.15, 0.2) is 36.7 Å². The van der Waals surface area contributed by atoms with Crippen LogP contribution in [0.4, 0.5) is 11.4 Å². The Hall–Kier alpha value is -2.90. The SMILES string of the molecule is COc1ccc([N+](=O)[O-])cc1NC(=O)Cn1cccn1. The molecule has 0 radical (unpaired) electrons. The van der Waals surface area contributed by atoms with E-state index in [9.17, 15) is 14.9 Å². The molecule has 0 spiro atoms. The highest BCUT2D eigenvalue weighted by molar-refractivity contribution is 5.92. The number of methoxy groups -OCH3 is 1. The molecule has 0 aliphatic rings. The molecule has 0 fully saturated rings. The maximum atomic E-state index is 11.8. The number of carbonyl (C=O) groups excluding carboxylic acids is 1. The van der Waals surface area contributed by atoms with Crippen molar-refractivity contribution < 1.29 is 14.5 Å². The van der Waals surface area contributed by atoms with Crippen LogP contribution in [-0.4, -0.2) is 27.7 Å². The maximum Gasteiger partial charge on any atom is 0.271 e. The largest absolute Gasteiger partial charge is 0.495 e. The van der Waals surface area contributed by atoms with Crippen LogP contribution >= 0.6 is 0 Å². The smallest absolute Gasteiger partial charge is 0.271 e. The highest BCUT2D eigenvalue weighted by Crippen LogP contribution is 2.28. The zero-order chi connectivity index (χ0) is 14.5. The van der Waals surface area contributed by atoms with Crippen molar-refractivity contribution in [2.24, 2.45) is 0 Å². The van der Waals surface area contributed by atoms with Gasteiger partial charge in [-0.1, -0.05) is 0 Å². The molecule has 0 bridgehead atoms. The van der Waals surface area contributed by atoms with Crippen molar-refractivity contribution >= 4 is 17.3 Å². The molecule has 0 aliphatic heterocycles. The summed E-state index contributed by atoms with van der Waals surface area (Å²) >= 11 is 0. The van der Waals surface area contributed by atoms with Gasteiger partial charge in [0.2, 0.25) is 5.91 Å². The predicted octanol–water partition coefficient (Wildman–Crippen LogP) is 1.44. The molecule has 1 aromatic carbocycles. The quantitative estimate of drug-likeness (QED) is 0.658. The molecule has 104 valence electrons. The first kappa shape index (κ1) is 13.5. The first-order chi connectivity index (χ1) is 9.60. The molecule has 0 saturated carbocycles. The van der Waals surface area contributed by atoms with E-state index in [0.29, 0.717) is 5.75 Å². The lowest BCUT2D eigenvalue weighted by Gasteiger charge is -2.10. The van der Waals surface area contributed by atoms with Crippen LogP contribution in [0, 0.1) is 10.1 Å². The minimum absolute atomic E-state index is 0.0127. The molecule has 0 aliphatic carbocycles. The van der Waals surface area contributed by atoms with Crippen molar-refractivity contribution in [3.8, 4) is 5.75 Å². The molecule has 1 N–H and O–H groups in total. The average Bonchev–Trinajstić information content (AvgIpc) is 2.91. The van der Waals surface area contributed by atoms with Crippen LogP contribution in [0.25, 0.3) is 0 Å². The second-order valence-electron chi connectivity index (χ2n) is 3.89. The number of ether oxygens (including phenoxy) is 1. The normalized spacial score (nSPS) is 10.1. The predicted molar refractivity (Wildman–Crippen MR) is 70.5 cm³/mol. The molecule has 8 heteroatoms. The summed E-state index contributed by atoms with van der Waals surface area (Å²) in [6.45, 7) is 0.0127. The van der Waals surface area contributed by atoms with Gasteiger partial charge in [0.05, 0.1) is 17.7 Å².